The normalized spacial score (nSPS) is 10.2. The van der Waals surface area contributed by atoms with Crippen LogP contribution in [-0.2, 0) is 4.79 Å². The highest BCUT2D eigenvalue weighted by Crippen LogP contribution is 2.25. The number of amides is 1. The lowest BCUT2D eigenvalue weighted by molar-refractivity contribution is -0.118. The van der Waals surface area contributed by atoms with Crippen LogP contribution in [0.25, 0.3) is 0 Å². The number of hydrogen-bond donors (Lipinski definition) is 1. The number of benzene rings is 2. The fourth-order valence-corrected chi connectivity index (χ4v) is 2.14. The Hall–Kier alpha value is -1.04. The van der Waals surface area contributed by atoms with E-state index in [1.807, 2.05) is 12.1 Å². The summed E-state index contributed by atoms with van der Waals surface area (Å²) < 4.78 is 7.11. The Bertz CT molecular complexity index is 617. The number of rotatable bonds is 4. The summed E-state index contributed by atoms with van der Waals surface area (Å²) in [6.45, 7) is -0.0602. The first-order chi connectivity index (χ1) is 9.54. The van der Waals surface area contributed by atoms with Crippen molar-refractivity contribution in [2.24, 2.45) is 0 Å². The van der Waals surface area contributed by atoms with Crippen LogP contribution in [0.4, 0.5) is 5.69 Å². The third kappa shape index (κ3) is 4.51. The topological polar surface area (TPSA) is 38.3 Å². The standard InChI is InChI=1S/C14H10Br2ClNO2/c15-9-1-4-11(5-2-9)20-8-14(19)18-10-3-6-12(16)13(17)7-10/h1-7H,8H2,(H,18,19). The first-order valence-electron chi connectivity index (χ1n) is 5.68. The van der Waals surface area contributed by atoms with Crippen LogP contribution in [0.2, 0.25) is 5.02 Å². The largest absolute Gasteiger partial charge is 0.484 e. The van der Waals surface area contributed by atoms with Gasteiger partial charge in [0.25, 0.3) is 5.91 Å². The van der Waals surface area contributed by atoms with Gasteiger partial charge in [0.15, 0.2) is 6.61 Å². The Balaban J connectivity index is 1.89. The summed E-state index contributed by atoms with van der Waals surface area (Å²) in [5, 5.41) is 3.25. The highest BCUT2D eigenvalue weighted by Gasteiger charge is 2.05. The summed E-state index contributed by atoms with van der Waals surface area (Å²) in [4.78, 5) is 11.7. The van der Waals surface area contributed by atoms with E-state index < -0.39 is 0 Å². The molecule has 0 heterocycles. The van der Waals surface area contributed by atoms with Gasteiger partial charge in [0.05, 0.1) is 5.02 Å². The summed E-state index contributed by atoms with van der Waals surface area (Å²) in [5.41, 5.74) is 0.627. The zero-order valence-electron chi connectivity index (χ0n) is 10.2. The van der Waals surface area contributed by atoms with Crippen LogP contribution >= 0.6 is 43.5 Å². The predicted octanol–water partition coefficient (Wildman–Crippen LogP) is 4.88. The summed E-state index contributed by atoms with van der Waals surface area (Å²) in [7, 11) is 0. The van der Waals surface area contributed by atoms with Crippen LogP contribution in [0.1, 0.15) is 0 Å². The first kappa shape index (κ1) is 15.4. The van der Waals surface area contributed by atoms with Crippen molar-refractivity contribution in [1.29, 1.82) is 0 Å². The molecule has 0 unspecified atom stereocenters. The average Bonchev–Trinajstić information content (AvgIpc) is 2.42. The second-order valence-electron chi connectivity index (χ2n) is 3.92. The molecule has 1 amide bonds. The van der Waals surface area contributed by atoms with Crippen molar-refractivity contribution in [2.45, 2.75) is 0 Å². The van der Waals surface area contributed by atoms with E-state index in [9.17, 15) is 4.79 Å². The minimum atomic E-state index is -0.244. The number of carbonyl (C=O) groups is 1. The molecule has 1 N–H and O–H groups in total. The molecule has 0 aliphatic carbocycles. The molecule has 6 heteroatoms. The molecule has 0 saturated heterocycles. The van der Waals surface area contributed by atoms with Gasteiger partial charge in [0.1, 0.15) is 5.75 Å². The van der Waals surface area contributed by atoms with Crippen LogP contribution < -0.4 is 10.1 Å². The van der Waals surface area contributed by atoms with Gasteiger partial charge in [-0.05, 0) is 58.4 Å². The second kappa shape index (κ2) is 7.11. The molecule has 0 spiro atoms. The highest BCUT2D eigenvalue weighted by molar-refractivity contribution is 9.10. The van der Waals surface area contributed by atoms with E-state index >= 15 is 0 Å². The van der Waals surface area contributed by atoms with Crippen LogP contribution in [0.3, 0.4) is 0 Å². The lowest BCUT2D eigenvalue weighted by atomic mass is 10.3. The molecular weight excluding hydrogens is 409 g/mol. The maximum Gasteiger partial charge on any atom is 0.262 e. The fraction of sp³-hybridized carbons (Fsp3) is 0.0714. The van der Waals surface area contributed by atoms with Crippen LogP contribution in [0.15, 0.2) is 51.4 Å². The molecule has 2 aromatic carbocycles. The summed E-state index contributed by atoms with van der Waals surface area (Å²) in [5.74, 6) is 0.392. The highest BCUT2D eigenvalue weighted by atomic mass is 79.9. The lowest BCUT2D eigenvalue weighted by Gasteiger charge is -2.08. The molecular formula is C14H10Br2ClNO2. The number of ether oxygens (including phenoxy) is 1. The SMILES string of the molecule is O=C(COc1ccc(Br)cc1)Nc1ccc(Br)c(Cl)c1. The van der Waals surface area contributed by atoms with Gasteiger partial charge < -0.3 is 10.1 Å². The summed E-state index contributed by atoms with van der Waals surface area (Å²) in [6, 6.07) is 12.5. The number of carbonyl (C=O) groups excluding carboxylic acids is 1. The van der Waals surface area contributed by atoms with E-state index in [1.54, 1.807) is 30.3 Å². The lowest BCUT2D eigenvalue weighted by Crippen LogP contribution is -2.20. The molecule has 0 fully saturated rings. The average molecular weight is 420 g/mol. The Morgan fingerprint density at radius 2 is 1.85 bits per heavy atom. The van der Waals surface area contributed by atoms with Gasteiger partial charge in [-0.3, -0.25) is 4.79 Å². The van der Waals surface area contributed by atoms with Crippen molar-refractivity contribution >= 4 is 55.1 Å². The van der Waals surface area contributed by atoms with Gasteiger partial charge in [-0.1, -0.05) is 27.5 Å². The van der Waals surface area contributed by atoms with Crippen molar-refractivity contribution in [3.63, 3.8) is 0 Å². The molecule has 0 bridgehead atoms. The fourth-order valence-electron chi connectivity index (χ4n) is 1.45. The van der Waals surface area contributed by atoms with Crippen molar-refractivity contribution in [2.75, 3.05) is 11.9 Å². The first-order valence-corrected chi connectivity index (χ1v) is 7.64. The molecule has 0 saturated carbocycles. The van der Waals surface area contributed by atoms with Crippen LogP contribution in [0.5, 0.6) is 5.75 Å². The second-order valence-corrected chi connectivity index (χ2v) is 6.10. The van der Waals surface area contributed by atoms with Gasteiger partial charge in [-0.25, -0.2) is 0 Å². The van der Waals surface area contributed by atoms with Gasteiger partial charge in [0, 0.05) is 14.6 Å². The van der Waals surface area contributed by atoms with Gasteiger partial charge in [-0.15, -0.1) is 0 Å². The molecule has 20 heavy (non-hydrogen) atoms. The molecule has 104 valence electrons. The minimum Gasteiger partial charge on any atom is -0.484 e. The van der Waals surface area contributed by atoms with Crippen molar-refractivity contribution in [3.8, 4) is 5.75 Å². The molecule has 2 aromatic rings. The van der Waals surface area contributed by atoms with Gasteiger partial charge in [-0.2, -0.15) is 0 Å². The molecule has 0 aliphatic rings. The van der Waals surface area contributed by atoms with Gasteiger partial charge in [0.2, 0.25) is 0 Å². The Morgan fingerprint density at radius 1 is 1.15 bits per heavy atom. The zero-order chi connectivity index (χ0) is 14.5. The Labute approximate surface area is 138 Å². The molecule has 0 radical (unpaired) electrons. The van der Waals surface area contributed by atoms with Crippen LogP contribution in [-0.4, -0.2) is 12.5 Å². The molecule has 0 aliphatic heterocycles. The van der Waals surface area contributed by atoms with Gasteiger partial charge >= 0.3 is 0 Å². The van der Waals surface area contributed by atoms with E-state index in [0.717, 1.165) is 8.95 Å². The maximum atomic E-state index is 11.7. The van der Waals surface area contributed by atoms with E-state index in [0.29, 0.717) is 16.5 Å². The minimum absolute atomic E-state index is 0.0602. The smallest absolute Gasteiger partial charge is 0.262 e. The van der Waals surface area contributed by atoms with Crippen molar-refractivity contribution in [1.82, 2.24) is 0 Å². The molecule has 2 rings (SSSR count). The molecule has 0 atom stereocenters. The van der Waals surface area contributed by atoms with E-state index in [-0.39, 0.29) is 12.5 Å². The Kier molecular flexibility index (Phi) is 5.46. The van der Waals surface area contributed by atoms with E-state index in [4.69, 9.17) is 16.3 Å². The number of anilines is 1. The Morgan fingerprint density at radius 3 is 2.50 bits per heavy atom. The number of hydrogen-bond acceptors (Lipinski definition) is 2. The van der Waals surface area contributed by atoms with E-state index in [1.165, 1.54) is 0 Å². The third-order valence-corrected chi connectivity index (χ3v) is 4.15. The van der Waals surface area contributed by atoms with Crippen molar-refractivity contribution < 1.29 is 9.53 Å². The quantitative estimate of drug-likeness (QED) is 0.767. The predicted molar refractivity (Wildman–Crippen MR) is 87.4 cm³/mol. The summed E-state index contributed by atoms with van der Waals surface area (Å²) in [6.07, 6.45) is 0. The summed E-state index contributed by atoms with van der Waals surface area (Å²) >= 11 is 12.6. The van der Waals surface area contributed by atoms with Crippen molar-refractivity contribution in [3.05, 3.63) is 56.4 Å². The zero-order valence-corrected chi connectivity index (χ0v) is 14.1. The number of halogens is 3. The monoisotopic (exact) mass is 417 g/mol. The maximum absolute atomic E-state index is 11.7. The third-order valence-electron chi connectivity index (χ3n) is 2.39. The van der Waals surface area contributed by atoms with Crippen LogP contribution in [0, 0.1) is 0 Å². The number of nitrogens with one attached hydrogen (secondary N) is 1. The molecule has 3 nitrogen and oxygen atoms in total. The van der Waals surface area contributed by atoms with E-state index in [2.05, 4.69) is 37.2 Å². The molecule has 0 aromatic heterocycles.